The first-order chi connectivity index (χ1) is 13.4. The van der Waals surface area contributed by atoms with E-state index in [1.807, 2.05) is 35.8 Å². The van der Waals surface area contributed by atoms with Crippen LogP contribution in [0.1, 0.15) is 18.3 Å². The number of aromatic nitrogens is 3. The van der Waals surface area contributed by atoms with Crippen molar-refractivity contribution in [2.75, 3.05) is 25.9 Å². The van der Waals surface area contributed by atoms with Crippen LogP contribution in [0.15, 0.2) is 35.6 Å². The summed E-state index contributed by atoms with van der Waals surface area (Å²) in [4.78, 5) is 4.55. The molecule has 0 amide bonds. The van der Waals surface area contributed by atoms with Crippen molar-refractivity contribution in [3.05, 3.63) is 47.0 Å². The Hall–Kier alpha value is -2.17. The SMILES string of the molecule is CCc1nncn1CCNC(=NCc1ccc(Cl)cc1)NCCNS(C)(=O)=O. The quantitative estimate of drug-likeness (QED) is 0.293. The van der Waals surface area contributed by atoms with Gasteiger partial charge in [0.2, 0.25) is 10.0 Å². The fraction of sp³-hybridized carbons (Fsp3) is 0.471. The molecule has 0 fully saturated rings. The van der Waals surface area contributed by atoms with Gasteiger partial charge in [0.1, 0.15) is 12.2 Å². The van der Waals surface area contributed by atoms with Crippen LogP contribution in [0, 0.1) is 0 Å². The minimum Gasteiger partial charge on any atom is -0.355 e. The maximum absolute atomic E-state index is 11.2. The van der Waals surface area contributed by atoms with Gasteiger partial charge in [-0.15, -0.1) is 10.2 Å². The highest BCUT2D eigenvalue weighted by Gasteiger charge is 2.04. The van der Waals surface area contributed by atoms with Gasteiger partial charge in [0.15, 0.2) is 5.96 Å². The van der Waals surface area contributed by atoms with E-state index in [9.17, 15) is 8.42 Å². The van der Waals surface area contributed by atoms with Gasteiger partial charge < -0.3 is 15.2 Å². The Balaban J connectivity index is 1.92. The highest BCUT2D eigenvalue weighted by molar-refractivity contribution is 7.88. The van der Waals surface area contributed by atoms with E-state index in [1.165, 1.54) is 0 Å². The number of halogens is 1. The van der Waals surface area contributed by atoms with Crippen molar-refractivity contribution in [3.63, 3.8) is 0 Å². The first kappa shape index (κ1) is 22.1. The molecule has 28 heavy (non-hydrogen) atoms. The summed E-state index contributed by atoms with van der Waals surface area (Å²) in [6.07, 6.45) is 3.65. The van der Waals surface area contributed by atoms with Gasteiger partial charge in [-0.25, -0.2) is 18.1 Å². The van der Waals surface area contributed by atoms with E-state index in [2.05, 4.69) is 30.5 Å². The second-order valence-corrected chi connectivity index (χ2v) is 8.37. The molecular weight excluding hydrogens is 402 g/mol. The number of hydrogen-bond donors (Lipinski definition) is 3. The molecule has 11 heteroatoms. The van der Waals surface area contributed by atoms with Crippen molar-refractivity contribution in [1.82, 2.24) is 30.1 Å². The van der Waals surface area contributed by atoms with Crippen LogP contribution < -0.4 is 15.4 Å². The van der Waals surface area contributed by atoms with Crippen LogP contribution in [0.2, 0.25) is 5.02 Å². The lowest BCUT2D eigenvalue weighted by Gasteiger charge is -2.13. The van der Waals surface area contributed by atoms with E-state index >= 15 is 0 Å². The lowest BCUT2D eigenvalue weighted by atomic mass is 10.2. The maximum atomic E-state index is 11.2. The topological polar surface area (TPSA) is 113 Å². The molecule has 9 nitrogen and oxygen atoms in total. The predicted molar refractivity (Wildman–Crippen MR) is 111 cm³/mol. The Morgan fingerprint density at radius 2 is 1.89 bits per heavy atom. The Kier molecular flexibility index (Phi) is 8.68. The zero-order valence-corrected chi connectivity index (χ0v) is 17.6. The van der Waals surface area contributed by atoms with E-state index in [-0.39, 0.29) is 6.54 Å². The number of nitrogens with one attached hydrogen (secondary N) is 3. The van der Waals surface area contributed by atoms with Gasteiger partial charge in [0.05, 0.1) is 12.8 Å². The Morgan fingerprint density at radius 3 is 2.57 bits per heavy atom. The van der Waals surface area contributed by atoms with Crippen molar-refractivity contribution in [2.45, 2.75) is 26.4 Å². The molecule has 2 aromatic rings. The van der Waals surface area contributed by atoms with Crippen molar-refractivity contribution >= 4 is 27.6 Å². The number of aryl methyl sites for hydroxylation is 1. The average Bonchev–Trinajstić information content (AvgIpc) is 3.10. The highest BCUT2D eigenvalue weighted by Crippen LogP contribution is 2.10. The number of nitrogens with zero attached hydrogens (tertiary/aromatic N) is 4. The molecule has 0 atom stereocenters. The number of hydrogen-bond acceptors (Lipinski definition) is 5. The summed E-state index contributed by atoms with van der Waals surface area (Å²) in [5.74, 6) is 1.52. The van der Waals surface area contributed by atoms with Gasteiger partial charge in [0, 0.05) is 37.6 Å². The van der Waals surface area contributed by atoms with E-state index in [0.29, 0.717) is 37.2 Å². The molecule has 0 bridgehead atoms. The van der Waals surface area contributed by atoms with Gasteiger partial charge in [-0.3, -0.25) is 0 Å². The molecule has 0 unspecified atom stereocenters. The smallest absolute Gasteiger partial charge is 0.208 e. The van der Waals surface area contributed by atoms with Gasteiger partial charge in [-0.1, -0.05) is 30.7 Å². The molecule has 0 saturated carbocycles. The van der Waals surface area contributed by atoms with Gasteiger partial charge in [-0.05, 0) is 17.7 Å². The average molecular weight is 428 g/mol. The molecule has 0 saturated heterocycles. The van der Waals surface area contributed by atoms with Crippen molar-refractivity contribution in [3.8, 4) is 0 Å². The highest BCUT2D eigenvalue weighted by atomic mass is 35.5. The maximum Gasteiger partial charge on any atom is 0.208 e. The number of guanidine groups is 1. The molecule has 0 radical (unpaired) electrons. The monoisotopic (exact) mass is 427 g/mol. The Morgan fingerprint density at radius 1 is 1.18 bits per heavy atom. The molecule has 1 heterocycles. The van der Waals surface area contributed by atoms with Crippen LogP contribution in [0.3, 0.4) is 0 Å². The number of sulfonamides is 1. The molecule has 0 aliphatic carbocycles. The molecule has 0 aliphatic rings. The summed E-state index contributed by atoms with van der Waals surface area (Å²) in [6.45, 7) is 4.50. The molecule has 1 aromatic heterocycles. The van der Waals surface area contributed by atoms with Crippen LogP contribution in [-0.2, 0) is 29.5 Å². The largest absolute Gasteiger partial charge is 0.355 e. The molecule has 154 valence electrons. The third-order valence-electron chi connectivity index (χ3n) is 3.77. The second-order valence-electron chi connectivity index (χ2n) is 6.11. The zero-order valence-electron chi connectivity index (χ0n) is 16.0. The van der Waals surface area contributed by atoms with Crippen LogP contribution in [-0.4, -0.2) is 55.0 Å². The predicted octanol–water partition coefficient (Wildman–Crippen LogP) is 0.779. The van der Waals surface area contributed by atoms with E-state index < -0.39 is 10.0 Å². The van der Waals surface area contributed by atoms with E-state index in [0.717, 1.165) is 24.1 Å². The summed E-state index contributed by atoms with van der Waals surface area (Å²) in [6, 6.07) is 7.47. The molecule has 3 N–H and O–H groups in total. The van der Waals surface area contributed by atoms with Gasteiger partial charge in [0.25, 0.3) is 0 Å². The molecule has 2 rings (SSSR count). The first-order valence-corrected chi connectivity index (χ1v) is 11.2. The first-order valence-electron chi connectivity index (χ1n) is 8.95. The fourth-order valence-corrected chi connectivity index (χ4v) is 2.98. The van der Waals surface area contributed by atoms with E-state index in [1.54, 1.807) is 6.33 Å². The summed E-state index contributed by atoms with van der Waals surface area (Å²) in [5.41, 5.74) is 1.02. The van der Waals surface area contributed by atoms with Crippen molar-refractivity contribution in [2.24, 2.45) is 4.99 Å². The number of rotatable bonds is 10. The summed E-state index contributed by atoms with van der Waals surface area (Å²) >= 11 is 5.91. The van der Waals surface area contributed by atoms with Crippen molar-refractivity contribution in [1.29, 1.82) is 0 Å². The summed E-state index contributed by atoms with van der Waals surface area (Å²) < 4.78 is 26.8. The van der Waals surface area contributed by atoms with Crippen LogP contribution in [0.5, 0.6) is 0 Å². The third kappa shape index (κ3) is 8.24. The minimum absolute atomic E-state index is 0.270. The lowest BCUT2D eigenvalue weighted by molar-refractivity contribution is 0.586. The second kappa shape index (κ2) is 11.0. The van der Waals surface area contributed by atoms with Crippen LogP contribution >= 0.6 is 11.6 Å². The Labute approximate surface area is 170 Å². The van der Waals surface area contributed by atoms with Gasteiger partial charge in [-0.2, -0.15) is 0 Å². The summed E-state index contributed by atoms with van der Waals surface area (Å²) in [5, 5.41) is 15.0. The molecule has 1 aromatic carbocycles. The van der Waals surface area contributed by atoms with Crippen LogP contribution in [0.25, 0.3) is 0 Å². The molecular formula is C17H26ClN7O2S. The zero-order chi connectivity index (χ0) is 20.4. The number of benzene rings is 1. The number of aliphatic imine (C=N–C) groups is 1. The Bertz CT molecular complexity index is 866. The normalized spacial score (nSPS) is 12.2. The summed E-state index contributed by atoms with van der Waals surface area (Å²) in [7, 11) is -3.22. The fourth-order valence-electron chi connectivity index (χ4n) is 2.39. The van der Waals surface area contributed by atoms with Gasteiger partial charge >= 0.3 is 0 Å². The molecule has 0 aliphatic heterocycles. The van der Waals surface area contributed by atoms with Crippen LogP contribution in [0.4, 0.5) is 0 Å². The minimum atomic E-state index is -3.22. The lowest BCUT2D eigenvalue weighted by Crippen LogP contribution is -2.42. The standard InChI is InChI=1S/C17H26ClN7O2S/c1-3-16-24-22-13-25(16)11-10-20-17(19-8-9-23-28(2,26)27)21-12-14-4-6-15(18)7-5-14/h4-7,13,23H,3,8-12H2,1-2H3,(H2,19,20,21). The van der Waals surface area contributed by atoms with E-state index in [4.69, 9.17) is 11.6 Å². The third-order valence-corrected chi connectivity index (χ3v) is 4.75. The van der Waals surface area contributed by atoms with Crippen molar-refractivity contribution < 1.29 is 8.42 Å². The molecule has 0 spiro atoms.